The molecule has 0 aliphatic carbocycles. The number of nitrogens with zero attached hydrogens (tertiary/aromatic N) is 2. The van der Waals surface area contributed by atoms with Gasteiger partial charge >= 0.3 is 5.97 Å². The van der Waals surface area contributed by atoms with Crippen LogP contribution in [0, 0.1) is 23.7 Å². The second-order valence-corrected chi connectivity index (χ2v) is 20.9. The lowest BCUT2D eigenvalue weighted by Gasteiger charge is -2.49. The number of carbonyl (C=O) groups excluding carboxylic acids is 3. The van der Waals surface area contributed by atoms with Crippen molar-refractivity contribution in [2.45, 2.75) is 179 Å². The van der Waals surface area contributed by atoms with Crippen molar-refractivity contribution in [3.8, 4) is 10.4 Å². The Morgan fingerprint density at radius 3 is 2.30 bits per heavy atom. The Balaban J connectivity index is 1.50. The number of thiophene rings is 1. The quantitative estimate of drug-likeness (QED) is 0.168. The number of cyclic esters (lactones) is 1. The molecule has 5 rings (SSSR count). The van der Waals surface area contributed by atoms with Crippen LogP contribution in [0.4, 0.5) is 0 Å². The highest BCUT2D eigenvalue weighted by molar-refractivity contribution is 7.13. The number of rotatable bonds is 12. The molecule has 2 aromatic heterocycles. The van der Waals surface area contributed by atoms with Crippen molar-refractivity contribution in [3.05, 3.63) is 41.5 Å². The first-order valence-corrected chi connectivity index (χ1v) is 24.0. The first-order valence-electron chi connectivity index (χ1n) is 23.1. The van der Waals surface area contributed by atoms with Crippen molar-refractivity contribution >= 4 is 29.0 Å². The zero-order valence-corrected chi connectivity index (χ0v) is 41.4. The Bertz CT molecular complexity index is 1920. The number of aliphatic hydroxyl groups excluding tert-OH is 3. The Kier molecular flexibility index (Phi) is 18.1. The van der Waals surface area contributed by atoms with Gasteiger partial charge in [-0.1, -0.05) is 26.8 Å². The van der Waals surface area contributed by atoms with Crippen LogP contribution in [0.2, 0.25) is 0 Å². The molecular formula is C48H75N3O14S. The van der Waals surface area contributed by atoms with Gasteiger partial charge in [-0.05, 0) is 91.6 Å². The lowest BCUT2D eigenvalue weighted by Crippen LogP contribution is -2.61. The highest BCUT2D eigenvalue weighted by Crippen LogP contribution is 2.41. The van der Waals surface area contributed by atoms with Crippen LogP contribution in [0.5, 0.6) is 0 Å². The van der Waals surface area contributed by atoms with E-state index in [-0.39, 0.29) is 50.3 Å². The molecule has 1 amide bonds. The number of hydrogen-bond donors (Lipinski definition) is 6. The number of likely N-dealkylation sites (N-methyl/N-ethyl adjacent to an activating group) is 1. The van der Waals surface area contributed by atoms with E-state index < -0.39 is 108 Å². The smallest absolute Gasteiger partial charge is 0.311 e. The number of hydrogen-bond acceptors (Lipinski definition) is 17. The van der Waals surface area contributed by atoms with E-state index >= 15 is 0 Å². The highest BCUT2D eigenvalue weighted by Gasteiger charge is 2.53. The summed E-state index contributed by atoms with van der Waals surface area (Å²) in [7, 11) is 5.14. The van der Waals surface area contributed by atoms with Crippen LogP contribution in [0.25, 0.3) is 10.4 Å². The number of esters is 1. The molecule has 18 atom stereocenters. The largest absolute Gasteiger partial charge is 0.459 e. The van der Waals surface area contributed by atoms with Gasteiger partial charge in [0.1, 0.15) is 29.7 Å². The van der Waals surface area contributed by atoms with Gasteiger partial charge in [0.15, 0.2) is 12.6 Å². The lowest BCUT2D eigenvalue weighted by atomic mass is 9.74. The van der Waals surface area contributed by atoms with Gasteiger partial charge in [0.25, 0.3) is 0 Å². The second-order valence-electron chi connectivity index (χ2n) is 19.9. The third kappa shape index (κ3) is 12.4. The van der Waals surface area contributed by atoms with Crippen LogP contribution < -0.4 is 5.32 Å². The van der Waals surface area contributed by atoms with Crippen molar-refractivity contribution in [2.75, 3.05) is 27.7 Å². The maximum Gasteiger partial charge on any atom is 0.311 e. The number of aromatic nitrogens is 1. The number of aliphatic hydroxyl groups is 5. The number of carbonyl (C=O) groups is 3. The molecular weight excluding hydrogens is 875 g/mol. The summed E-state index contributed by atoms with van der Waals surface area (Å²) in [6.45, 7) is 14.3. The van der Waals surface area contributed by atoms with E-state index in [1.807, 2.05) is 49.5 Å². The summed E-state index contributed by atoms with van der Waals surface area (Å²) in [6, 6.07) is 5.41. The van der Waals surface area contributed by atoms with Crippen LogP contribution in [-0.2, 0) is 49.2 Å². The Morgan fingerprint density at radius 1 is 0.970 bits per heavy atom. The standard InChI is InChI=1S/C48H75N3O14S/c1-25-21-46(7,58)43(65-45-39(54)33(51(10)11)18-26(2)61-45)28(4)40(64-37-22-47(8,60-12)42(56)30(6)62-37)29(5)44(57)63-35(48(9,59)41(55)27(3)38(25)53)15-16-50-36(52)20-31-19-32(24-49-23-31)34-14-13-17-66-34/h13-14,17,19,23-30,33,35,37,39-43,45,54-56,58-59H,15-16,18,20-22H2,1-12H3,(H,50,52)/t25-,26?,27+,28+,29-,30?,33?,35-,37?,39?,40+,41-,42?,43-,45?,46-,47?,48-/m1/s1. The molecule has 6 N–H and O–H groups in total. The summed E-state index contributed by atoms with van der Waals surface area (Å²) in [5.74, 6) is -5.97. The average Bonchev–Trinajstić information content (AvgIpc) is 3.81. The molecule has 3 aliphatic heterocycles. The molecule has 0 aromatic carbocycles. The third-order valence-corrected chi connectivity index (χ3v) is 15.1. The maximum absolute atomic E-state index is 14.7. The molecule has 2 aromatic rings. The SMILES string of the molecule is COC1(C)CC(O[C@H]2[C@H](C)[C@@H](OC3OC(C)CC(N(C)C)C3O)[C@](C)(O)C[C@@H](C)C(=O)[C@H](C)[C@@H](O)[C@](C)(O)[C@@H](CCNC(=O)Cc3cncc(-c4cccs4)c3)OC(=O)[C@@H]2C)OC(C)C1O. The first-order chi connectivity index (χ1) is 30.8. The van der Waals surface area contributed by atoms with E-state index in [1.165, 1.54) is 27.9 Å². The minimum absolute atomic E-state index is 0.00128. The summed E-state index contributed by atoms with van der Waals surface area (Å²) < 4.78 is 37.7. The molecule has 66 heavy (non-hydrogen) atoms. The topological polar surface area (TPSA) is 236 Å². The molecule has 0 radical (unpaired) electrons. The van der Waals surface area contributed by atoms with Crippen LogP contribution in [0.3, 0.4) is 0 Å². The van der Waals surface area contributed by atoms with Crippen molar-refractivity contribution in [1.82, 2.24) is 15.2 Å². The van der Waals surface area contributed by atoms with Crippen molar-refractivity contribution in [2.24, 2.45) is 23.7 Å². The molecule has 3 aliphatic rings. The molecule has 0 spiro atoms. The first kappa shape index (κ1) is 54.0. The Hall–Kier alpha value is -2.98. The van der Waals surface area contributed by atoms with Crippen molar-refractivity contribution in [3.63, 3.8) is 0 Å². The summed E-state index contributed by atoms with van der Waals surface area (Å²) >= 11 is 1.55. The molecule has 17 nitrogen and oxygen atoms in total. The van der Waals surface area contributed by atoms with E-state index in [0.717, 1.165) is 10.4 Å². The monoisotopic (exact) mass is 949 g/mol. The molecule has 5 heterocycles. The van der Waals surface area contributed by atoms with Gasteiger partial charge in [0.05, 0.1) is 54.1 Å². The van der Waals surface area contributed by atoms with Crippen LogP contribution >= 0.6 is 11.3 Å². The molecule has 0 bridgehead atoms. The van der Waals surface area contributed by atoms with E-state index in [9.17, 15) is 39.9 Å². The van der Waals surface area contributed by atoms with Crippen molar-refractivity contribution in [1.29, 1.82) is 0 Å². The van der Waals surface area contributed by atoms with Gasteiger partial charge in [0, 0.05) is 73.1 Å². The Morgan fingerprint density at radius 2 is 1.67 bits per heavy atom. The van der Waals surface area contributed by atoms with Gasteiger partial charge in [-0.25, -0.2) is 0 Å². The van der Waals surface area contributed by atoms with E-state index in [0.29, 0.717) is 12.0 Å². The fourth-order valence-corrected chi connectivity index (χ4v) is 10.7. The predicted octanol–water partition coefficient (Wildman–Crippen LogP) is 3.25. The average molecular weight is 950 g/mol. The zero-order chi connectivity index (χ0) is 49.1. The fourth-order valence-electron chi connectivity index (χ4n) is 10.0. The number of methoxy groups -OCH3 is 1. The van der Waals surface area contributed by atoms with Crippen molar-refractivity contribution < 1.29 is 68.3 Å². The number of Topliss-reactive ketones (excluding diaryl/α,β-unsaturated/α-hetero) is 1. The Labute approximate surface area is 393 Å². The van der Waals surface area contributed by atoms with Gasteiger partial charge in [0.2, 0.25) is 5.91 Å². The van der Waals surface area contributed by atoms with E-state index in [1.54, 1.807) is 58.3 Å². The number of nitrogens with one attached hydrogen (secondary N) is 1. The lowest BCUT2D eigenvalue weighted by molar-refractivity contribution is -0.318. The molecule has 0 saturated carbocycles. The third-order valence-electron chi connectivity index (χ3n) is 14.1. The van der Waals surface area contributed by atoms with Gasteiger partial charge in [-0.3, -0.25) is 19.4 Å². The predicted molar refractivity (Wildman–Crippen MR) is 245 cm³/mol. The van der Waals surface area contributed by atoms with Crippen LogP contribution in [-0.4, -0.2) is 165 Å². The highest BCUT2D eigenvalue weighted by atomic mass is 32.1. The number of amides is 1. The molecule has 18 heteroatoms. The maximum atomic E-state index is 14.7. The summed E-state index contributed by atoms with van der Waals surface area (Å²) in [4.78, 5) is 49.4. The summed E-state index contributed by atoms with van der Waals surface area (Å²) in [5, 5.41) is 64.0. The number of ether oxygens (including phenoxy) is 6. The van der Waals surface area contributed by atoms with Crippen LogP contribution in [0.15, 0.2) is 36.0 Å². The molecule has 8 unspecified atom stereocenters. The summed E-state index contributed by atoms with van der Waals surface area (Å²) in [6.07, 6.45) is -7.80. The second kappa shape index (κ2) is 22.2. The number of ketones is 1. The molecule has 3 fully saturated rings. The minimum atomic E-state index is -2.22. The minimum Gasteiger partial charge on any atom is -0.459 e. The number of pyridine rings is 1. The molecule has 3 saturated heterocycles. The van der Waals surface area contributed by atoms with E-state index in [2.05, 4.69) is 10.3 Å². The van der Waals surface area contributed by atoms with Gasteiger partial charge in [-0.15, -0.1) is 11.3 Å². The van der Waals surface area contributed by atoms with Gasteiger partial charge in [-0.2, -0.15) is 0 Å². The normalized spacial score (nSPS) is 41.0. The zero-order valence-electron chi connectivity index (χ0n) is 40.6. The summed E-state index contributed by atoms with van der Waals surface area (Å²) in [5.41, 5.74) is -3.65. The van der Waals surface area contributed by atoms with Crippen LogP contribution in [0.1, 0.15) is 93.6 Å². The molecule has 372 valence electrons. The fraction of sp³-hybridized carbons (Fsp3) is 0.750. The van der Waals surface area contributed by atoms with Gasteiger partial charge < -0.3 is 64.2 Å². The van der Waals surface area contributed by atoms with E-state index in [4.69, 9.17) is 28.4 Å².